The van der Waals surface area contributed by atoms with E-state index in [2.05, 4.69) is 0 Å². The molecule has 1 fully saturated rings. The molecule has 8 nitrogen and oxygen atoms in total. The summed E-state index contributed by atoms with van der Waals surface area (Å²) in [5, 5.41) is 10.4. The minimum atomic E-state index is -0.895. The van der Waals surface area contributed by atoms with Gasteiger partial charge >= 0.3 is 5.97 Å². The third-order valence-corrected chi connectivity index (χ3v) is 7.15. The Morgan fingerprint density at radius 2 is 1.82 bits per heavy atom. The van der Waals surface area contributed by atoms with Crippen molar-refractivity contribution in [2.24, 2.45) is 5.92 Å². The van der Waals surface area contributed by atoms with E-state index in [-0.39, 0.29) is 31.2 Å². The van der Waals surface area contributed by atoms with E-state index in [1.165, 1.54) is 0 Å². The highest BCUT2D eigenvalue weighted by Gasteiger charge is 2.48. The molecule has 2 aliphatic rings. The van der Waals surface area contributed by atoms with Crippen LogP contribution in [0, 0.1) is 5.92 Å². The monoisotopic (exact) mass is 468 g/mol. The number of nitrogens with zero attached hydrogens (tertiary/aromatic N) is 2. The van der Waals surface area contributed by atoms with Gasteiger partial charge in [0, 0.05) is 31.6 Å². The van der Waals surface area contributed by atoms with Crippen LogP contribution < -0.4 is 14.2 Å². The lowest BCUT2D eigenvalue weighted by molar-refractivity contribution is -0.144. The molecule has 2 aromatic carbocycles. The summed E-state index contributed by atoms with van der Waals surface area (Å²) in [6.45, 7) is 4.79. The number of carbonyl (C=O) groups is 2. The molecular formula is C26H32N2O6. The second kappa shape index (κ2) is 9.93. The van der Waals surface area contributed by atoms with Crippen molar-refractivity contribution in [2.75, 3.05) is 34.0 Å². The zero-order chi connectivity index (χ0) is 24.4. The van der Waals surface area contributed by atoms with Crippen LogP contribution in [-0.4, -0.2) is 66.9 Å². The summed E-state index contributed by atoms with van der Waals surface area (Å²) >= 11 is 0. The van der Waals surface area contributed by atoms with Gasteiger partial charge < -0.3 is 24.2 Å². The van der Waals surface area contributed by atoms with Crippen molar-refractivity contribution >= 4 is 11.9 Å². The molecule has 0 aliphatic carbocycles. The van der Waals surface area contributed by atoms with Crippen LogP contribution in [0.25, 0.3) is 0 Å². The van der Waals surface area contributed by atoms with E-state index in [4.69, 9.17) is 14.2 Å². The molecule has 0 aromatic heterocycles. The number of benzene rings is 2. The molecular weight excluding hydrogens is 436 g/mol. The van der Waals surface area contributed by atoms with Crippen LogP contribution in [0.15, 0.2) is 42.5 Å². The van der Waals surface area contributed by atoms with Crippen molar-refractivity contribution in [2.45, 2.75) is 38.3 Å². The van der Waals surface area contributed by atoms with Crippen LogP contribution in [0.3, 0.4) is 0 Å². The van der Waals surface area contributed by atoms with Gasteiger partial charge in [0.25, 0.3) is 0 Å². The van der Waals surface area contributed by atoms with Crippen molar-refractivity contribution in [1.82, 2.24) is 9.80 Å². The first-order chi connectivity index (χ1) is 16.3. The van der Waals surface area contributed by atoms with E-state index >= 15 is 0 Å². The summed E-state index contributed by atoms with van der Waals surface area (Å²) in [4.78, 5) is 29.5. The van der Waals surface area contributed by atoms with Crippen LogP contribution in [-0.2, 0) is 9.59 Å². The highest BCUT2D eigenvalue weighted by Crippen LogP contribution is 2.47. The molecule has 1 amide bonds. The summed E-state index contributed by atoms with van der Waals surface area (Å²) in [5.74, 6) is -0.00962. The number of aliphatic carboxylic acids is 1. The molecule has 2 aliphatic heterocycles. The molecule has 4 atom stereocenters. The Morgan fingerprint density at radius 1 is 1.15 bits per heavy atom. The van der Waals surface area contributed by atoms with E-state index in [0.717, 1.165) is 17.5 Å². The van der Waals surface area contributed by atoms with Crippen molar-refractivity contribution in [1.29, 1.82) is 0 Å². The Morgan fingerprint density at radius 3 is 2.47 bits per heavy atom. The molecule has 1 saturated heterocycles. The van der Waals surface area contributed by atoms with Gasteiger partial charge in [-0.05, 0) is 48.7 Å². The first-order valence-electron chi connectivity index (χ1n) is 11.6. The largest absolute Gasteiger partial charge is 0.497 e. The predicted molar refractivity (Wildman–Crippen MR) is 126 cm³/mol. The van der Waals surface area contributed by atoms with Gasteiger partial charge in [-0.25, -0.2) is 0 Å². The van der Waals surface area contributed by atoms with E-state index in [0.29, 0.717) is 23.8 Å². The number of hydrogen-bond donors (Lipinski definition) is 1. The van der Waals surface area contributed by atoms with Crippen LogP contribution >= 0.6 is 0 Å². The quantitative estimate of drug-likeness (QED) is 0.634. The van der Waals surface area contributed by atoms with E-state index in [1.54, 1.807) is 19.1 Å². The summed E-state index contributed by atoms with van der Waals surface area (Å²) in [5.41, 5.74) is 1.70. The fraction of sp³-hybridized carbons (Fsp3) is 0.462. The maximum absolute atomic E-state index is 13.1. The number of likely N-dealkylation sites (tertiary alicyclic amines) is 1. The number of hydrogen-bond acceptors (Lipinski definition) is 6. The fourth-order valence-corrected chi connectivity index (χ4v) is 4.88. The Labute approximate surface area is 200 Å². The van der Waals surface area contributed by atoms with E-state index < -0.39 is 17.9 Å². The Balaban J connectivity index is 1.71. The molecule has 34 heavy (non-hydrogen) atoms. The summed E-state index contributed by atoms with van der Waals surface area (Å²) in [7, 11) is 3.40. The van der Waals surface area contributed by atoms with Crippen molar-refractivity contribution < 1.29 is 28.9 Å². The first kappa shape index (κ1) is 23.9. The average Bonchev–Trinajstić information content (AvgIpc) is 3.47. The van der Waals surface area contributed by atoms with Gasteiger partial charge in [0.2, 0.25) is 12.7 Å². The number of carboxylic acid groups (broad SMARTS) is 1. The van der Waals surface area contributed by atoms with Gasteiger partial charge in [-0.2, -0.15) is 0 Å². The molecule has 0 bridgehead atoms. The minimum absolute atomic E-state index is 0.0247. The number of ether oxygens (including phenoxy) is 3. The standard InChI is InChI=1S/C26H32N2O6/c1-5-16(2)27(3)23(29)14-28-13-20(18-8-11-21-22(12-18)34-15-33-21)24(26(30)31)25(28)17-6-9-19(32-4)10-7-17/h6-12,16,20,24-25H,5,13-15H2,1-4H3,(H,30,31). The third-order valence-electron chi connectivity index (χ3n) is 7.15. The number of amides is 1. The van der Waals surface area contributed by atoms with Crippen LogP contribution in [0.4, 0.5) is 0 Å². The number of fused-ring (bicyclic) bond motifs is 1. The molecule has 1 N–H and O–H groups in total. The summed E-state index contributed by atoms with van der Waals surface area (Å²) in [6, 6.07) is 12.7. The lowest BCUT2D eigenvalue weighted by Gasteiger charge is -2.30. The van der Waals surface area contributed by atoms with Crippen LogP contribution in [0.1, 0.15) is 43.4 Å². The molecule has 4 rings (SSSR count). The normalized spacial score (nSPS) is 22.4. The number of carboxylic acids is 1. The van der Waals surface area contributed by atoms with Gasteiger partial charge in [-0.15, -0.1) is 0 Å². The number of carbonyl (C=O) groups excluding carboxylic acids is 1. The highest BCUT2D eigenvalue weighted by atomic mass is 16.7. The second-order valence-electron chi connectivity index (χ2n) is 8.99. The van der Waals surface area contributed by atoms with Gasteiger partial charge in [0.1, 0.15) is 5.75 Å². The zero-order valence-corrected chi connectivity index (χ0v) is 20.1. The van der Waals surface area contributed by atoms with Gasteiger partial charge in [-0.1, -0.05) is 25.1 Å². The topological polar surface area (TPSA) is 88.5 Å². The lowest BCUT2D eigenvalue weighted by atomic mass is 9.82. The Bertz CT molecular complexity index is 1040. The van der Waals surface area contributed by atoms with Gasteiger partial charge in [0.15, 0.2) is 11.5 Å². The predicted octanol–water partition coefficient (Wildman–Crippen LogP) is 3.52. The molecule has 4 unspecified atom stereocenters. The highest BCUT2D eigenvalue weighted by molar-refractivity contribution is 5.79. The zero-order valence-electron chi connectivity index (χ0n) is 20.1. The Hall–Kier alpha value is -3.26. The molecule has 0 saturated carbocycles. The van der Waals surface area contributed by atoms with Gasteiger partial charge in [0.05, 0.1) is 19.6 Å². The van der Waals surface area contributed by atoms with E-state index in [1.807, 2.05) is 61.2 Å². The minimum Gasteiger partial charge on any atom is -0.497 e. The summed E-state index contributed by atoms with van der Waals surface area (Å²) < 4.78 is 16.2. The third kappa shape index (κ3) is 4.55. The van der Waals surface area contributed by atoms with Gasteiger partial charge in [-0.3, -0.25) is 14.5 Å². The second-order valence-corrected chi connectivity index (χ2v) is 8.99. The number of likely N-dealkylation sites (N-methyl/N-ethyl adjacent to an activating group) is 1. The maximum atomic E-state index is 13.1. The molecule has 2 aromatic rings. The van der Waals surface area contributed by atoms with E-state index in [9.17, 15) is 14.7 Å². The smallest absolute Gasteiger partial charge is 0.309 e. The number of methoxy groups -OCH3 is 1. The molecule has 0 radical (unpaired) electrons. The van der Waals surface area contributed by atoms with Crippen LogP contribution in [0.2, 0.25) is 0 Å². The average molecular weight is 469 g/mol. The lowest BCUT2D eigenvalue weighted by Crippen LogP contribution is -2.42. The molecule has 2 heterocycles. The van der Waals surface area contributed by atoms with Crippen molar-refractivity contribution in [3.8, 4) is 17.2 Å². The van der Waals surface area contributed by atoms with Crippen LogP contribution in [0.5, 0.6) is 17.2 Å². The molecule has 0 spiro atoms. The summed E-state index contributed by atoms with van der Waals surface area (Å²) in [6.07, 6.45) is 0.849. The SMILES string of the molecule is CCC(C)N(C)C(=O)CN1CC(c2ccc3c(c2)OCO3)C(C(=O)O)C1c1ccc(OC)cc1. The molecule has 182 valence electrons. The van der Waals surface area contributed by atoms with Crippen molar-refractivity contribution in [3.63, 3.8) is 0 Å². The first-order valence-corrected chi connectivity index (χ1v) is 11.6. The Kier molecular flexibility index (Phi) is 6.97. The number of rotatable bonds is 8. The molecule has 8 heteroatoms. The maximum Gasteiger partial charge on any atom is 0.309 e. The fourth-order valence-electron chi connectivity index (χ4n) is 4.88. The van der Waals surface area contributed by atoms with Crippen molar-refractivity contribution in [3.05, 3.63) is 53.6 Å².